The molecule has 2 aromatic heterocycles. The second kappa shape index (κ2) is 8.73. The Morgan fingerprint density at radius 2 is 1.87 bits per heavy atom. The van der Waals surface area contributed by atoms with E-state index in [9.17, 15) is 4.79 Å². The molecule has 0 radical (unpaired) electrons. The summed E-state index contributed by atoms with van der Waals surface area (Å²) in [6, 6.07) is 15.1. The van der Waals surface area contributed by atoms with Gasteiger partial charge in [0, 0.05) is 16.6 Å². The van der Waals surface area contributed by atoms with Gasteiger partial charge in [0.1, 0.15) is 22.2 Å². The van der Waals surface area contributed by atoms with Gasteiger partial charge in [-0.15, -0.1) is 11.3 Å². The Labute approximate surface area is 184 Å². The zero-order valence-corrected chi connectivity index (χ0v) is 18.6. The number of ether oxygens (including phenoxy) is 2. The van der Waals surface area contributed by atoms with E-state index in [1.165, 1.54) is 0 Å². The van der Waals surface area contributed by atoms with Crippen LogP contribution in [-0.4, -0.2) is 29.2 Å². The standard InChI is InChI=1S/C24H23N3O3S/c1-14(2)30-24(28)17-6-5-7-18(12-17)27-22-21-20(13-31-23(21)26-15(3)25-22)16-8-10-19(29-4)11-9-16/h5-14H,1-4H3,(H,25,26,27). The van der Waals surface area contributed by atoms with Crippen molar-refractivity contribution in [1.82, 2.24) is 9.97 Å². The lowest BCUT2D eigenvalue weighted by molar-refractivity contribution is 0.0378. The first kappa shape index (κ1) is 20.8. The minimum atomic E-state index is -0.350. The monoisotopic (exact) mass is 433 g/mol. The predicted octanol–water partition coefficient (Wildman–Crippen LogP) is 5.98. The SMILES string of the molecule is COc1ccc(-c2csc3nc(C)nc(Nc4cccc(C(=O)OC(C)C)c4)c23)cc1. The molecule has 0 aliphatic heterocycles. The predicted molar refractivity (Wildman–Crippen MR) is 124 cm³/mol. The molecule has 0 spiro atoms. The van der Waals surface area contributed by atoms with Crippen LogP contribution in [0.1, 0.15) is 30.0 Å². The Hall–Kier alpha value is -3.45. The molecule has 4 aromatic rings. The van der Waals surface area contributed by atoms with Crippen LogP contribution in [0, 0.1) is 6.92 Å². The lowest BCUT2D eigenvalue weighted by Crippen LogP contribution is -2.11. The highest BCUT2D eigenvalue weighted by Gasteiger charge is 2.16. The molecule has 0 unspecified atom stereocenters. The molecule has 0 saturated heterocycles. The van der Waals surface area contributed by atoms with E-state index in [4.69, 9.17) is 9.47 Å². The van der Waals surface area contributed by atoms with Crippen molar-refractivity contribution in [3.05, 3.63) is 65.3 Å². The van der Waals surface area contributed by atoms with Crippen molar-refractivity contribution >= 4 is 39.0 Å². The van der Waals surface area contributed by atoms with Gasteiger partial charge in [-0.05, 0) is 56.7 Å². The normalized spacial score (nSPS) is 11.0. The summed E-state index contributed by atoms with van der Waals surface area (Å²) in [4.78, 5) is 22.5. The molecule has 2 aromatic carbocycles. The number of hydrogen-bond donors (Lipinski definition) is 1. The highest BCUT2D eigenvalue weighted by molar-refractivity contribution is 7.17. The fraction of sp³-hybridized carbons (Fsp3) is 0.208. The molecule has 2 heterocycles. The van der Waals surface area contributed by atoms with E-state index >= 15 is 0 Å². The topological polar surface area (TPSA) is 73.3 Å². The summed E-state index contributed by atoms with van der Waals surface area (Å²) in [6.45, 7) is 5.53. The maximum Gasteiger partial charge on any atom is 0.338 e. The number of benzene rings is 2. The number of nitrogens with one attached hydrogen (secondary N) is 1. The molecule has 158 valence electrons. The van der Waals surface area contributed by atoms with Gasteiger partial charge in [0.2, 0.25) is 0 Å². The number of hydrogen-bond acceptors (Lipinski definition) is 7. The maximum atomic E-state index is 12.3. The second-order valence-corrected chi connectivity index (χ2v) is 8.20. The highest BCUT2D eigenvalue weighted by atomic mass is 32.1. The third-order valence-corrected chi connectivity index (χ3v) is 5.52. The number of aromatic nitrogens is 2. The molecule has 1 N–H and O–H groups in total. The smallest absolute Gasteiger partial charge is 0.338 e. The van der Waals surface area contributed by atoms with E-state index in [-0.39, 0.29) is 12.1 Å². The second-order valence-electron chi connectivity index (χ2n) is 7.34. The van der Waals surface area contributed by atoms with Gasteiger partial charge in [0.25, 0.3) is 0 Å². The van der Waals surface area contributed by atoms with Gasteiger partial charge in [-0.25, -0.2) is 14.8 Å². The van der Waals surface area contributed by atoms with Gasteiger partial charge in [0.05, 0.1) is 24.2 Å². The zero-order valence-electron chi connectivity index (χ0n) is 17.8. The Morgan fingerprint density at radius 3 is 2.58 bits per heavy atom. The van der Waals surface area contributed by atoms with E-state index < -0.39 is 0 Å². The number of methoxy groups -OCH3 is 1. The summed E-state index contributed by atoms with van der Waals surface area (Å²) in [7, 11) is 1.65. The van der Waals surface area contributed by atoms with Crippen molar-refractivity contribution in [1.29, 1.82) is 0 Å². The van der Waals surface area contributed by atoms with Crippen molar-refractivity contribution in [3.63, 3.8) is 0 Å². The lowest BCUT2D eigenvalue weighted by atomic mass is 10.1. The number of fused-ring (bicyclic) bond motifs is 1. The molecule has 31 heavy (non-hydrogen) atoms. The molecule has 0 atom stereocenters. The first-order chi connectivity index (χ1) is 14.9. The quantitative estimate of drug-likeness (QED) is 0.377. The molecule has 0 saturated carbocycles. The number of aryl methyl sites for hydroxylation is 1. The zero-order chi connectivity index (χ0) is 22.0. The summed E-state index contributed by atoms with van der Waals surface area (Å²) in [5.41, 5.74) is 3.34. The number of carbonyl (C=O) groups is 1. The van der Waals surface area contributed by atoms with Crippen molar-refractivity contribution < 1.29 is 14.3 Å². The molecule has 0 amide bonds. The van der Waals surface area contributed by atoms with Crippen LogP contribution in [-0.2, 0) is 4.74 Å². The highest BCUT2D eigenvalue weighted by Crippen LogP contribution is 2.38. The van der Waals surface area contributed by atoms with Gasteiger partial charge in [0.15, 0.2) is 0 Å². The number of thiophene rings is 1. The fourth-order valence-corrected chi connectivity index (χ4v) is 4.26. The van der Waals surface area contributed by atoms with E-state index in [0.717, 1.165) is 32.8 Å². The third kappa shape index (κ3) is 4.51. The Kier molecular flexibility index (Phi) is 5.86. The third-order valence-electron chi connectivity index (χ3n) is 4.65. The van der Waals surface area contributed by atoms with Crippen LogP contribution in [0.15, 0.2) is 53.9 Å². The van der Waals surface area contributed by atoms with Gasteiger partial charge in [-0.2, -0.15) is 0 Å². The van der Waals surface area contributed by atoms with E-state index in [0.29, 0.717) is 17.2 Å². The number of esters is 1. The number of rotatable bonds is 6. The van der Waals surface area contributed by atoms with Crippen LogP contribution < -0.4 is 10.1 Å². The molecule has 0 bridgehead atoms. The molecule has 7 heteroatoms. The van der Waals surface area contributed by atoms with E-state index in [1.807, 2.05) is 57.2 Å². The van der Waals surface area contributed by atoms with Crippen LogP contribution in [0.5, 0.6) is 5.75 Å². The molecular weight excluding hydrogens is 410 g/mol. The van der Waals surface area contributed by atoms with Crippen LogP contribution in [0.4, 0.5) is 11.5 Å². The van der Waals surface area contributed by atoms with Crippen molar-refractivity contribution in [3.8, 4) is 16.9 Å². The van der Waals surface area contributed by atoms with Crippen molar-refractivity contribution in [2.45, 2.75) is 26.9 Å². The average Bonchev–Trinajstić information content (AvgIpc) is 3.17. The average molecular weight is 434 g/mol. The van der Waals surface area contributed by atoms with Crippen LogP contribution in [0.25, 0.3) is 21.3 Å². The first-order valence-electron chi connectivity index (χ1n) is 9.93. The van der Waals surface area contributed by atoms with Crippen LogP contribution >= 0.6 is 11.3 Å². The van der Waals surface area contributed by atoms with E-state index in [1.54, 1.807) is 30.6 Å². The molecule has 0 fully saturated rings. The largest absolute Gasteiger partial charge is 0.497 e. The minimum absolute atomic E-state index is 0.175. The van der Waals surface area contributed by atoms with Gasteiger partial charge < -0.3 is 14.8 Å². The summed E-state index contributed by atoms with van der Waals surface area (Å²) in [5.74, 6) is 1.83. The first-order valence-corrected chi connectivity index (χ1v) is 10.8. The van der Waals surface area contributed by atoms with Gasteiger partial charge in [-0.3, -0.25) is 0 Å². The number of nitrogens with zero attached hydrogens (tertiary/aromatic N) is 2. The fourth-order valence-electron chi connectivity index (χ4n) is 3.26. The van der Waals surface area contributed by atoms with Crippen molar-refractivity contribution in [2.75, 3.05) is 12.4 Å². The summed E-state index contributed by atoms with van der Waals surface area (Å²) >= 11 is 1.58. The lowest BCUT2D eigenvalue weighted by Gasteiger charge is -2.12. The summed E-state index contributed by atoms with van der Waals surface area (Å²) in [5, 5.41) is 6.40. The molecule has 4 rings (SSSR count). The van der Waals surface area contributed by atoms with Crippen molar-refractivity contribution in [2.24, 2.45) is 0 Å². The molecular formula is C24H23N3O3S. The Balaban J connectivity index is 1.74. The van der Waals surface area contributed by atoms with E-state index in [2.05, 4.69) is 20.7 Å². The molecule has 0 aliphatic rings. The Bertz CT molecular complexity index is 1230. The molecule has 0 aliphatic carbocycles. The summed E-state index contributed by atoms with van der Waals surface area (Å²) in [6.07, 6.45) is -0.175. The minimum Gasteiger partial charge on any atom is -0.497 e. The Morgan fingerprint density at radius 1 is 1.10 bits per heavy atom. The summed E-state index contributed by atoms with van der Waals surface area (Å²) < 4.78 is 10.6. The van der Waals surface area contributed by atoms with Gasteiger partial charge in [-0.1, -0.05) is 18.2 Å². The van der Waals surface area contributed by atoms with Crippen LogP contribution in [0.3, 0.4) is 0 Å². The van der Waals surface area contributed by atoms with Crippen LogP contribution in [0.2, 0.25) is 0 Å². The number of anilines is 2. The maximum absolute atomic E-state index is 12.3. The number of carbonyl (C=O) groups excluding carboxylic acids is 1. The molecule has 6 nitrogen and oxygen atoms in total. The van der Waals surface area contributed by atoms with Gasteiger partial charge >= 0.3 is 5.97 Å².